The topological polar surface area (TPSA) is 79.3 Å². The predicted molar refractivity (Wildman–Crippen MR) is 77.3 cm³/mol. The maximum absolute atomic E-state index is 11.8. The van der Waals surface area contributed by atoms with Crippen molar-refractivity contribution in [2.24, 2.45) is 5.92 Å². The molecule has 5 nitrogen and oxygen atoms in total. The van der Waals surface area contributed by atoms with Crippen LogP contribution in [0.15, 0.2) is 24.5 Å². The third-order valence-electron chi connectivity index (χ3n) is 3.16. The van der Waals surface area contributed by atoms with Crippen LogP contribution in [0, 0.1) is 5.92 Å². The molecule has 1 fully saturated rings. The van der Waals surface area contributed by atoms with E-state index in [9.17, 15) is 9.59 Å². The minimum atomic E-state index is -0.856. The second-order valence-electron chi connectivity index (χ2n) is 4.96. The molecule has 2 rings (SSSR count). The first kappa shape index (κ1) is 14.8. The Labute approximate surface area is 122 Å². The van der Waals surface area contributed by atoms with Crippen LogP contribution in [0.1, 0.15) is 24.8 Å². The van der Waals surface area contributed by atoms with Crippen molar-refractivity contribution in [2.45, 2.75) is 31.1 Å². The lowest BCUT2D eigenvalue weighted by Crippen LogP contribution is -2.39. The SMILES string of the molecule is O=C(O)C[C@@H](NC(=O)CSCc1cccnc1)C1CC1. The number of rotatable bonds is 8. The molecule has 0 saturated heterocycles. The number of nitrogens with one attached hydrogen (secondary N) is 1. The zero-order valence-corrected chi connectivity index (χ0v) is 11.9. The molecule has 0 aromatic carbocycles. The van der Waals surface area contributed by atoms with Crippen molar-refractivity contribution in [3.8, 4) is 0 Å². The van der Waals surface area contributed by atoms with Gasteiger partial charge in [-0.05, 0) is 30.4 Å². The number of carbonyl (C=O) groups excluding carboxylic acids is 1. The number of aliphatic carboxylic acids is 1. The fraction of sp³-hybridized carbons (Fsp3) is 0.500. The van der Waals surface area contributed by atoms with Gasteiger partial charge in [-0.15, -0.1) is 11.8 Å². The number of hydrogen-bond acceptors (Lipinski definition) is 4. The summed E-state index contributed by atoms with van der Waals surface area (Å²) in [7, 11) is 0. The van der Waals surface area contributed by atoms with Crippen LogP contribution in [0.3, 0.4) is 0 Å². The van der Waals surface area contributed by atoms with E-state index in [0.717, 1.165) is 24.2 Å². The van der Waals surface area contributed by atoms with Crippen LogP contribution in [0.2, 0.25) is 0 Å². The van der Waals surface area contributed by atoms with E-state index in [2.05, 4.69) is 10.3 Å². The highest BCUT2D eigenvalue weighted by atomic mass is 32.2. The second-order valence-corrected chi connectivity index (χ2v) is 5.95. The lowest BCUT2D eigenvalue weighted by atomic mass is 10.1. The van der Waals surface area contributed by atoms with Crippen molar-refractivity contribution in [1.82, 2.24) is 10.3 Å². The first-order valence-corrected chi connectivity index (χ1v) is 7.78. The third kappa shape index (κ3) is 5.21. The molecule has 6 heteroatoms. The Balaban J connectivity index is 1.70. The van der Waals surface area contributed by atoms with Crippen molar-refractivity contribution in [1.29, 1.82) is 0 Å². The highest BCUT2D eigenvalue weighted by Gasteiger charge is 2.33. The zero-order chi connectivity index (χ0) is 14.4. The molecule has 1 aliphatic carbocycles. The molecule has 0 unspecified atom stereocenters. The second kappa shape index (κ2) is 7.28. The quantitative estimate of drug-likeness (QED) is 0.762. The van der Waals surface area contributed by atoms with Crippen LogP contribution in [-0.4, -0.2) is 33.8 Å². The van der Waals surface area contributed by atoms with E-state index < -0.39 is 5.97 Å². The maximum atomic E-state index is 11.8. The Morgan fingerprint density at radius 2 is 2.30 bits per heavy atom. The molecule has 0 radical (unpaired) electrons. The Bertz CT molecular complexity index is 463. The largest absolute Gasteiger partial charge is 0.481 e. The highest BCUT2D eigenvalue weighted by molar-refractivity contribution is 7.99. The number of carboxylic acid groups (broad SMARTS) is 1. The van der Waals surface area contributed by atoms with Gasteiger partial charge < -0.3 is 10.4 Å². The van der Waals surface area contributed by atoms with Crippen molar-refractivity contribution in [2.75, 3.05) is 5.75 Å². The standard InChI is InChI=1S/C14H18N2O3S/c17-13(9-20-8-10-2-1-5-15-7-10)16-12(6-14(18)19)11-3-4-11/h1-2,5,7,11-12H,3-4,6,8-9H2,(H,16,17)(H,18,19)/t12-/m1/s1. The summed E-state index contributed by atoms with van der Waals surface area (Å²) in [6.45, 7) is 0. The smallest absolute Gasteiger partial charge is 0.305 e. The number of aromatic nitrogens is 1. The Morgan fingerprint density at radius 3 is 2.90 bits per heavy atom. The molecule has 1 aliphatic rings. The van der Waals surface area contributed by atoms with E-state index in [1.807, 2.05) is 12.1 Å². The summed E-state index contributed by atoms with van der Waals surface area (Å²) in [5, 5.41) is 11.7. The fourth-order valence-electron chi connectivity index (χ4n) is 2.02. The lowest BCUT2D eigenvalue weighted by molar-refractivity contribution is -0.137. The minimum Gasteiger partial charge on any atom is -0.481 e. The number of amides is 1. The van der Waals surface area contributed by atoms with E-state index in [1.54, 1.807) is 12.4 Å². The van der Waals surface area contributed by atoms with Gasteiger partial charge in [-0.3, -0.25) is 14.6 Å². The fourth-order valence-corrected chi connectivity index (χ4v) is 2.79. The van der Waals surface area contributed by atoms with Crippen molar-refractivity contribution in [3.05, 3.63) is 30.1 Å². The molecule has 0 aliphatic heterocycles. The van der Waals surface area contributed by atoms with E-state index in [4.69, 9.17) is 5.11 Å². The number of carbonyl (C=O) groups is 2. The number of nitrogens with zero attached hydrogens (tertiary/aromatic N) is 1. The summed E-state index contributed by atoms with van der Waals surface area (Å²) in [5.74, 6) is 0.479. The molecular formula is C14H18N2O3S. The van der Waals surface area contributed by atoms with Gasteiger partial charge in [-0.2, -0.15) is 0 Å². The molecule has 2 N–H and O–H groups in total. The van der Waals surface area contributed by atoms with E-state index >= 15 is 0 Å². The summed E-state index contributed by atoms with van der Waals surface area (Å²) in [6, 6.07) is 3.63. The van der Waals surface area contributed by atoms with Crippen LogP contribution < -0.4 is 5.32 Å². The Kier molecular flexibility index (Phi) is 5.40. The van der Waals surface area contributed by atoms with Gasteiger partial charge >= 0.3 is 5.97 Å². The van der Waals surface area contributed by atoms with E-state index in [1.165, 1.54) is 11.8 Å². The molecule has 1 aromatic rings. The van der Waals surface area contributed by atoms with Crippen LogP contribution >= 0.6 is 11.8 Å². The summed E-state index contributed by atoms with van der Waals surface area (Å²) >= 11 is 1.51. The zero-order valence-electron chi connectivity index (χ0n) is 11.1. The summed E-state index contributed by atoms with van der Waals surface area (Å²) in [5.41, 5.74) is 1.08. The monoisotopic (exact) mass is 294 g/mol. The average molecular weight is 294 g/mol. The number of hydrogen-bond donors (Lipinski definition) is 2. The summed E-state index contributed by atoms with van der Waals surface area (Å²) < 4.78 is 0. The van der Waals surface area contributed by atoms with Gasteiger partial charge in [0.25, 0.3) is 0 Å². The lowest BCUT2D eigenvalue weighted by Gasteiger charge is -2.15. The van der Waals surface area contributed by atoms with Gasteiger partial charge in [0.2, 0.25) is 5.91 Å². The number of pyridine rings is 1. The minimum absolute atomic E-state index is 0.0175. The first-order valence-electron chi connectivity index (χ1n) is 6.63. The van der Waals surface area contributed by atoms with E-state index in [-0.39, 0.29) is 18.4 Å². The average Bonchev–Trinajstić information content (AvgIpc) is 3.23. The molecule has 20 heavy (non-hydrogen) atoms. The number of carboxylic acids is 1. The molecular weight excluding hydrogens is 276 g/mol. The molecule has 1 heterocycles. The third-order valence-corrected chi connectivity index (χ3v) is 4.16. The maximum Gasteiger partial charge on any atom is 0.305 e. The van der Waals surface area contributed by atoms with Gasteiger partial charge in [-0.25, -0.2) is 0 Å². The highest BCUT2D eigenvalue weighted by Crippen LogP contribution is 2.34. The van der Waals surface area contributed by atoms with Gasteiger partial charge in [0.1, 0.15) is 0 Å². The molecule has 108 valence electrons. The molecule has 1 saturated carbocycles. The molecule has 0 spiro atoms. The summed E-state index contributed by atoms with van der Waals surface area (Å²) in [6.07, 6.45) is 5.54. The predicted octanol–water partition coefficient (Wildman–Crippen LogP) is 1.68. The normalized spacial score (nSPS) is 15.6. The van der Waals surface area contributed by atoms with Gasteiger partial charge in [0.15, 0.2) is 0 Å². The van der Waals surface area contributed by atoms with Crippen molar-refractivity contribution >= 4 is 23.6 Å². The van der Waals surface area contributed by atoms with Crippen LogP contribution in [0.5, 0.6) is 0 Å². The first-order chi connectivity index (χ1) is 9.65. The number of thioether (sulfide) groups is 1. The summed E-state index contributed by atoms with van der Waals surface area (Å²) in [4.78, 5) is 26.6. The van der Waals surface area contributed by atoms with Gasteiger partial charge in [-0.1, -0.05) is 6.07 Å². The van der Waals surface area contributed by atoms with Crippen molar-refractivity contribution < 1.29 is 14.7 Å². The van der Waals surface area contributed by atoms with Crippen LogP contribution in [0.25, 0.3) is 0 Å². The van der Waals surface area contributed by atoms with Gasteiger partial charge in [0.05, 0.1) is 12.2 Å². The molecule has 1 atom stereocenters. The van der Waals surface area contributed by atoms with Crippen LogP contribution in [0.4, 0.5) is 0 Å². The Morgan fingerprint density at radius 1 is 1.50 bits per heavy atom. The van der Waals surface area contributed by atoms with E-state index in [0.29, 0.717) is 11.7 Å². The van der Waals surface area contributed by atoms with Crippen molar-refractivity contribution in [3.63, 3.8) is 0 Å². The Hall–Kier alpha value is -1.56. The van der Waals surface area contributed by atoms with Gasteiger partial charge in [0, 0.05) is 24.2 Å². The molecule has 0 bridgehead atoms. The molecule has 1 aromatic heterocycles. The van der Waals surface area contributed by atoms with Crippen LogP contribution in [-0.2, 0) is 15.3 Å². The molecule has 1 amide bonds.